The van der Waals surface area contributed by atoms with Crippen LogP contribution in [0.3, 0.4) is 0 Å². The van der Waals surface area contributed by atoms with E-state index in [0.717, 1.165) is 50.9 Å². The maximum atomic E-state index is 11.3. The zero-order valence-corrected chi connectivity index (χ0v) is 14.7. The number of nitrogens with one attached hydrogen (secondary N) is 1. The standard InChI is InChI=1S/C16H23N3O2.2ClH/c20-16(21)14-2-1-7-18-15(14)19-10-5-13(6-11-19)12-3-8-17-9-4-12;;/h1-2,7,12-13,17H,3-6,8-11H2,(H,20,21);2*1H. The molecule has 3 heterocycles. The lowest BCUT2D eigenvalue weighted by atomic mass is 9.79. The number of aromatic carboxylic acids is 1. The van der Waals surface area contributed by atoms with Crippen LogP contribution in [0.5, 0.6) is 0 Å². The van der Waals surface area contributed by atoms with Crippen LogP contribution in [0, 0.1) is 11.8 Å². The molecule has 2 fully saturated rings. The maximum absolute atomic E-state index is 11.3. The first kappa shape index (κ1) is 20.0. The number of carboxylic acids is 1. The van der Waals surface area contributed by atoms with Crippen LogP contribution in [0.2, 0.25) is 0 Å². The van der Waals surface area contributed by atoms with Gasteiger partial charge in [0.15, 0.2) is 0 Å². The van der Waals surface area contributed by atoms with E-state index in [4.69, 9.17) is 0 Å². The van der Waals surface area contributed by atoms with E-state index in [9.17, 15) is 9.90 Å². The second-order valence-corrected chi connectivity index (χ2v) is 6.09. The molecule has 0 radical (unpaired) electrons. The van der Waals surface area contributed by atoms with Gasteiger partial charge in [0.25, 0.3) is 0 Å². The molecule has 5 nitrogen and oxygen atoms in total. The van der Waals surface area contributed by atoms with Gasteiger partial charge in [-0.3, -0.25) is 0 Å². The molecule has 130 valence electrons. The van der Waals surface area contributed by atoms with E-state index in [0.29, 0.717) is 11.4 Å². The lowest BCUT2D eigenvalue weighted by Gasteiger charge is -2.38. The smallest absolute Gasteiger partial charge is 0.339 e. The Morgan fingerprint density at radius 2 is 1.74 bits per heavy atom. The van der Waals surface area contributed by atoms with Crippen LogP contribution in [0.4, 0.5) is 5.82 Å². The van der Waals surface area contributed by atoms with Crippen molar-refractivity contribution in [1.29, 1.82) is 0 Å². The SMILES string of the molecule is Cl.Cl.O=C(O)c1cccnc1N1CCC(C2CCNCC2)CC1. The van der Waals surface area contributed by atoms with E-state index in [1.807, 2.05) is 0 Å². The molecule has 0 amide bonds. The van der Waals surface area contributed by atoms with Crippen LogP contribution < -0.4 is 10.2 Å². The van der Waals surface area contributed by atoms with Crippen LogP contribution in [0.1, 0.15) is 36.0 Å². The third-order valence-electron chi connectivity index (χ3n) is 4.91. The third-order valence-corrected chi connectivity index (χ3v) is 4.91. The van der Waals surface area contributed by atoms with E-state index in [1.54, 1.807) is 18.3 Å². The molecule has 7 heteroatoms. The van der Waals surface area contributed by atoms with E-state index < -0.39 is 5.97 Å². The topological polar surface area (TPSA) is 65.5 Å². The zero-order valence-electron chi connectivity index (χ0n) is 13.1. The van der Waals surface area contributed by atoms with Crippen molar-refractivity contribution in [3.8, 4) is 0 Å². The molecule has 2 aliphatic rings. The first-order chi connectivity index (χ1) is 10.3. The van der Waals surface area contributed by atoms with Crippen molar-refractivity contribution in [3.63, 3.8) is 0 Å². The normalized spacial score (nSPS) is 19.6. The summed E-state index contributed by atoms with van der Waals surface area (Å²) in [6.07, 6.45) is 6.56. The molecule has 0 bridgehead atoms. The first-order valence-corrected chi connectivity index (χ1v) is 7.89. The molecule has 3 rings (SSSR count). The molecule has 23 heavy (non-hydrogen) atoms. The van der Waals surface area contributed by atoms with Crippen molar-refractivity contribution in [2.24, 2.45) is 11.8 Å². The Hall–Kier alpha value is -1.04. The molecule has 0 unspecified atom stereocenters. The molecule has 0 spiro atoms. The van der Waals surface area contributed by atoms with Crippen molar-refractivity contribution < 1.29 is 9.90 Å². The molecule has 0 aliphatic carbocycles. The fourth-order valence-electron chi connectivity index (χ4n) is 3.71. The van der Waals surface area contributed by atoms with Gasteiger partial charge < -0.3 is 15.3 Å². The van der Waals surface area contributed by atoms with Gasteiger partial charge in [-0.15, -0.1) is 24.8 Å². The summed E-state index contributed by atoms with van der Waals surface area (Å²) in [4.78, 5) is 17.7. The summed E-state index contributed by atoms with van der Waals surface area (Å²) in [5.41, 5.74) is 0.317. The van der Waals surface area contributed by atoms with Crippen LogP contribution in [-0.4, -0.2) is 42.2 Å². The van der Waals surface area contributed by atoms with E-state index in [-0.39, 0.29) is 24.8 Å². The number of anilines is 1. The first-order valence-electron chi connectivity index (χ1n) is 7.89. The minimum atomic E-state index is -0.890. The summed E-state index contributed by atoms with van der Waals surface area (Å²) in [6.45, 7) is 4.14. The fourth-order valence-corrected chi connectivity index (χ4v) is 3.71. The number of rotatable bonds is 3. The second kappa shape index (κ2) is 9.30. The van der Waals surface area contributed by atoms with Gasteiger partial charge in [-0.05, 0) is 62.7 Å². The number of carbonyl (C=O) groups is 1. The van der Waals surface area contributed by atoms with Crippen LogP contribution in [0.25, 0.3) is 0 Å². The number of piperidine rings is 2. The highest BCUT2D eigenvalue weighted by Crippen LogP contribution is 2.32. The summed E-state index contributed by atoms with van der Waals surface area (Å²) in [7, 11) is 0. The van der Waals surface area contributed by atoms with Crippen molar-refractivity contribution >= 4 is 36.6 Å². The lowest BCUT2D eigenvalue weighted by Crippen LogP contribution is -2.40. The van der Waals surface area contributed by atoms with Gasteiger partial charge in [0.05, 0.1) is 0 Å². The minimum Gasteiger partial charge on any atom is -0.478 e. The van der Waals surface area contributed by atoms with E-state index >= 15 is 0 Å². The zero-order chi connectivity index (χ0) is 14.7. The number of carboxylic acid groups (broad SMARTS) is 1. The largest absolute Gasteiger partial charge is 0.478 e. The highest BCUT2D eigenvalue weighted by Gasteiger charge is 2.29. The van der Waals surface area contributed by atoms with Crippen molar-refractivity contribution in [3.05, 3.63) is 23.9 Å². The monoisotopic (exact) mass is 361 g/mol. The van der Waals surface area contributed by atoms with Gasteiger partial charge in [-0.1, -0.05) is 0 Å². The van der Waals surface area contributed by atoms with Crippen LogP contribution >= 0.6 is 24.8 Å². The molecule has 2 saturated heterocycles. The van der Waals surface area contributed by atoms with Crippen LogP contribution in [0.15, 0.2) is 18.3 Å². The summed E-state index contributed by atoms with van der Waals surface area (Å²) >= 11 is 0. The van der Waals surface area contributed by atoms with E-state index in [2.05, 4.69) is 15.2 Å². The summed E-state index contributed by atoms with van der Waals surface area (Å²) in [5, 5.41) is 12.7. The summed E-state index contributed by atoms with van der Waals surface area (Å²) in [5.74, 6) is 1.38. The Balaban J connectivity index is 0.00000132. The van der Waals surface area contributed by atoms with Gasteiger partial charge in [0.2, 0.25) is 0 Å². The molecule has 0 atom stereocenters. The number of nitrogens with zero attached hydrogens (tertiary/aromatic N) is 2. The molecule has 1 aromatic rings. The maximum Gasteiger partial charge on any atom is 0.339 e. The molecule has 0 aromatic carbocycles. The molecular formula is C16H25Cl2N3O2. The van der Waals surface area contributed by atoms with Crippen molar-refractivity contribution in [1.82, 2.24) is 10.3 Å². The predicted octanol–water partition coefficient (Wildman–Crippen LogP) is 2.84. The Morgan fingerprint density at radius 1 is 1.13 bits per heavy atom. The lowest BCUT2D eigenvalue weighted by molar-refractivity contribution is 0.0697. The number of pyridine rings is 1. The van der Waals surface area contributed by atoms with Gasteiger partial charge in [-0.2, -0.15) is 0 Å². The van der Waals surface area contributed by atoms with Gasteiger partial charge in [0.1, 0.15) is 11.4 Å². The Morgan fingerprint density at radius 3 is 2.35 bits per heavy atom. The third kappa shape index (κ3) is 4.72. The number of aromatic nitrogens is 1. The summed E-state index contributed by atoms with van der Waals surface area (Å²) < 4.78 is 0. The average Bonchev–Trinajstić information content (AvgIpc) is 2.56. The summed E-state index contributed by atoms with van der Waals surface area (Å²) in [6, 6.07) is 3.33. The highest BCUT2D eigenvalue weighted by atomic mass is 35.5. The molecular weight excluding hydrogens is 337 g/mol. The number of halogens is 2. The van der Waals surface area contributed by atoms with Crippen molar-refractivity contribution in [2.75, 3.05) is 31.1 Å². The average molecular weight is 362 g/mol. The molecule has 2 aliphatic heterocycles. The quantitative estimate of drug-likeness (QED) is 0.866. The number of hydrogen-bond acceptors (Lipinski definition) is 4. The predicted molar refractivity (Wildman–Crippen MR) is 96.2 cm³/mol. The van der Waals surface area contributed by atoms with E-state index in [1.165, 1.54) is 12.8 Å². The fraction of sp³-hybridized carbons (Fsp3) is 0.625. The highest BCUT2D eigenvalue weighted by molar-refractivity contribution is 5.93. The Bertz CT molecular complexity index is 502. The van der Waals surface area contributed by atoms with Gasteiger partial charge in [-0.25, -0.2) is 9.78 Å². The molecule has 0 saturated carbocycles. The molecule has 2 N–H and O–H groups in total. The Labute approximate surface area is 149 Å². The van der Waals surface area contributed by atoms with Crippen LogP contribution in [-0.2, 0) is 0 Å². The number of hydrogen-bond donors (Lipinski definition) is 2. The van der Waals surface area contributed by atoms with Gasteiger partial charge in [0, 0.05) is 19.3 Å². The molecule has 1 aromatic heterocycles. The second-order valence-electron chi connectivity index (χ2n) is 6.09. The van der Waals surface area contributed by atoms with Gasteiger partial charge >= 0.3 is 5.97 Å². The minimum absolute atomic E-state index is 0. The van der Waals surface area contributed by atoms with Crippen molar-refractivity contribution in [2.45, 2.75) is 25.7 Å². The Kier molecular flexibility index (Phi) is 8.09.